The van der Waals surface area contributed by atoms with Crippen molar-refractivity contribution in [2.75, 3.05) is 37.6 Å². The Morgan fingerprint density at radius 3 is 2.56 bits per heavy atom. The number of hydrogen-bond acceptors (Lipinski definition) is 6. The van der Waals surface area contributed by atoms with E-state index in [0.717, 1.165) is 68.0 Å². The largest absolute Gasteiger partial charge is 0.459 e. The van der Waals surface area contributed by atoms with Gasteiger partial charge in [-0.2, -0.15) is 0 Å². The van der Waals surface area contributed by atoms with E-state index in [2.05, 4.69) is 39.3 Å². The van der Waals surface area contributed by atoms with Crippen LogP contribution in [0.4, 0.5) is 5.69 Å². The molecule has 1 saturated heterocycles. The predicted octanol–water partition coefficient (Wildman–Crippen LogP) is 4.66. The zero-order valence-corrected chi connectivity index (χ0v) is 19.6. The van der Waals surface area contributed by atoms with Gasteiger partial charge in [-0.3, -0.25) is 14.9 Å². The Labute approximate surface area is 198 Å². The van der Waals surface area contributed by atoms with Gasteiger partial charge < -0.3 is 14.7 Å². The first-order valence-electron chi connectivity index (χ1n) is 10.9. The lowest BCUT2D eigenvalue weighted by atomic mass is 10.1. The number of piperazine rings is 1. The SMILES string of the molecule is CCCCN=C(NN)C(c1cc2ccccc2o1)N1CCN(c2c(Cl)cncc2Cl)CC1. The number of pyridine rings is 1. The van der Waals surface area contributed by atoms with E-state index >= 15 is 0 Å². The van der Waals surface area contributed by atoms with Gasteiger partial charge >= 0.3 is 0 Å². The van der Waals surface area contributed by atoms with E-state index in [-0.39, 0.29) is 6.04 Å². The number of furan rings is 1. The van der Waals surface area contributed by atoms with Crippen molar-refractivity contribution in [3.8, 4) is 0 Å². The number of fused-ring (bicyclic) bond motifs is 1. The van der Waals surface area contributed by atoms with Gasteiger partial charge in [0.05, 0.1) is 15.7 Å². The molecule has 1 aromatic carbocycles. The molecule has 1 atom stereocenters. The van der Waals surface area contributed by atoms with Crippen LogP contribution in [0.3, 0.4) is 0 Å². The molecular formula is C23H28Cl2N6O. The maximum atomic E-state index is 6.38. The number of nitrogens with two attached hydrogens (primary N) is 1. The molecule has 0 amide bonds. The number of nitrogens with zero attached hydrogens (tertiary/aromatic N) is 4. The summed E-state index contributed by atoms with van der Waals surface area (Å²) in [7, 11) is 0. The molecule has 1 aliphatic rings. The van der Waals surface area contributed by atoms with E-state index < -0.39 is 0 Å². The van der Waals surface area contributed by atoms with Gasteiger partial charge in [0.25, 0.3) is 0 Å². The predicted molar refractivity (Wildman–Crippen MR) is 132 cm³/mol. The average molecular weight is 475 g/mol. The molecule has 0 bridgehead atoms. The van der Waals surface area contributed by atoms with Gasteiger partial charge in [0.15, 0.2) is 0 Å². The number of halogens is 2. The third-order valence-corrected chi connectivity index (χ3v) is 6.29. The molecule has 0 aliphatic carbocycles. The maximum absolute atomic E-state index is 6.38. The number of aromatic nitrogens is 1. The standard InChI is InChI=1S/C23H28Cl2N6O/c1-2-3-8-28-23(29-26)22(20-13-16-6-4-5-7-19(16)32-20)31-11-9-30(10-12-31)21-17(24)14-27-15-18(21)25/h4-7,13-15,22H,2-3,8-12,26H2,1H3,(H,28,29). The Bertz CT molecular complexity index is 1020. The van der Waals surface area contributed by atoms with Crippen LogP contribution >= 0.6 is 23.2 Å². The third-order valence-electron chi connectivity index (χ3n) is 5.74. The molecule has 7 nitrogen and oxygen atoms in total. The number of aliphatic imine (C=N–C) groups is 1. The van der Waals surface area contributed by atoms with E-state index in [4.69, 9.17) is 38.5 Å². The number of anilines is 1. The molecule has 0 saturated carbocycles. The zero-order chi connectivity index (χ0) is 22.5. The fourth-order valence-electron chi connectivity index (χ4n) is 4.10. The Balaban J connectivity index is 1.61. The number of amidine groups is 1. The lowest BCUT2D eigenvalue weighted by molar-refractivity contribution is 0.208. The number of nitrogens with one attached hydrogen (secondary N) is 1. The first-order chi connectivity index (χ1) is 15.6. The highest BCUT2D eigenvalue weighted by Gasteiger charge is 2.32. The Kier molecular flexibility index (Phi) is 7.52. The molecule has 1 unspecified atom stereocenters. The number of rotatable bonds is 7. The van der Waals surface area contributed by atoms with Crippen LogP contribution in [0.1, 0.15) is 31.6 Å². The fourth-order valence-corrected chi connectivity index (χ4v) is 4.71. The van der Waals surface area contributed by atoms with Crippen molar-refractivity contribution in [3.05, 3.63) is 58.5 Å². The molecule has 1 fully saturated rings. The summed E-state index contributed by atoms with van der Waals surface area (Å²) in [6, 6.07) is 9.89. The van der Waals surface area contributed by atoms with Crippen LogP contribution in [0, 0.1) is 0 Å². The summed E-state index contributed by atoms with van der Waals surface area (Å²) in [6.45, 7) is 5.92. The van der Waals surface area contributed by atoms with Crippen LogP contribution in [0.5, 0.6) is 0 Å². The molecule has 170 valence electrons. The molecule has 2 aromatic heterocycles. The highest BCUT2D eigenvalue weighted by molar-refractivity contribution is 6.38. The fraction of sp³-hybridized carbons (Fsp3) is 0.391. The van der Waals surface area contributed by atoms with Crippen LogP contribution in [-0.2, 0) is 0 Å². The molecule has 9 heteroatoms. The highest BCUT2D eigenvalue weighted by Crippen LogP contribution is 2.35. The van der Waals surface area contributed by atoms with Gasteiger partial charge in [0, 0.05) is 50.5 Å². The molecule has 0 spiro atoms. The number of hydrazine groups is 1. The summed E-state index contributed by atoms with van der Waals surface area (Å²) in [5, 5.41) is 2.18. The lowest BCUT2D eigenvalue weighted by Crippen LogP contribution is -2.52. The van der Waals surface area contributed by atoms with Gasteiger partial charge in [0.2, 0.25) is 0 Å². The van der Waals surface area contributed by atoms with Gasteiger partial charge in [-0.05, 0) is 18.6 Å². The number of hydrogen-bond donors (Lipinski definition) is 2. The molecule has 1 aliphatic heterocycles. The minimum absolute atomic E-state index is 0.199. The summed E-state index contributed by atoms with van der Waals surface area (Å²) in [5.74, 6) is 7.49. The smallest absolute Gasteiger partial charge is 0.136 e. The van der Waals surface area contributed by atoms with E-state index in [1.807, 2.05) is 18.2 Å². The average Bonchev–Trinajstić information content (AvgIpc) is 3.23. The molecule has 3 heterocycles. The van der Waals surface area contributed by atoms with Gasteiger partial charge in [-0.15, -0.1) is 0 Å². The number of unbranched alkanes of at least 4 members (excludes halogenated alkanes) is 1. The van der Waals surface area contributed by atoms with Gasteiger partial charge in [-0.1, -0.05) is 54.7 Å². The van der Waals surface area contributed by atoms with Gasteiger partial charge in [0.1, 0.15) is 23.2 Å². The minimum atomic E-state index is -0.199. The zero-order valence-electron chi connectivity index (χ0n) is 18.1. The van der Waals surface area contributed by atoms with Crippen molar-refractivity contribution in [2.24, 2.45) is 10.8 Å². The van der Waals surface area contributed by atoms with Crippen molar-refractivity contribution in [1.29, 1.82) is 0 Å². The molecule has 0 radical (unpaired) electrons. The minimum Gasteiger partial charge on any atom is -0.459 e. The summed E-state index contributed by atoms with van der Waals surface area (Å²) in [5.41, 5.74) is 4.53. The summed E-state index contributed by atoms with van der Waals surface area (Å²) in [4.78, 5) is 13.4. The first kappa shape index (κ1) is 22.9. The first-order valence-corrected chi connectivity index (χ1v) is 11.7. The van der Waals surface area contributed by atoms with Crippen molar-refractivity contribution in [2.45, 2.75) is 25.8 Å². The monoisotopic (exact) mass is 474 g/mol. The topological polar surface area (TPSA) is 82.9 Å². The van der Waals surface area contributed by atoms with Crippen LogP contribution in [0.15, 0.2) is 52.1 Å². The summed E-state index contributed by atoms with van der Waals surface area (Å²) < 4.78 is 6.24. The summed E-state index contributed by atoms with van der Waals surface area (Å²) in [6.07, 6.45) is 5.33. The third kappa shape index (κ3) is 4.86. The second-order valence-electron chi connectivity index (χ2n) is 7.83. The van der Waals surface area contributed by atoms with E-state index in [9.17, 15) is 0 Å². The summed E-state index contributed by atoms with van der Waals surface area (Å²) >= 11 is 12.8. The number of benzene rings is 1. The van der Waals surface area contributed by atoms with E-state index in [1.54, 1.807) is 12.4 Å². The van der Waals surface area contributed by atoms with E-state index in [1.165, 1.54) is 0 Å². The molecule has 3 N–H and O–H groups in total. The molecule has 4 rings (SSSR count). The highest BCUT2D eigenvalue weighted by atomic mass is 35.5. The molecular weight excluding hydrogens is 447 g/mol. The van der Waals surface area contributed by atoms with Gasteiger partial charge in [-0.25, -0.2) is 5.84 Å². The Morgan fingerprint density at radius 1 is 1.19 bits per heavy atom. The number of para-hydroxylation sites is 1. The maximum Gasteiger partial charge on any atom is 0.136 e. The quantitative estimate of drug-likeness (QED) is 0.170. The van der Waals surface area contributed by atoms with Crippen molar-refractivity contribution < 1.29 is 4.42 Å². The van der Waals surface area contributed by atoms with Crippen molar-refractivity contribution >= 4 is 45.7 Å². The van der Waals surface area contributed by atoms with Crippen LogP contribution in [0.25, 0.3) is 11.0 Å². The van der Waals surface area contributed by atoms with Crippen LogP contribution in [-0.4, -0.2) is 48.4 Å². The Hall–Kier alpha value is -2.32. The normalized spacial score (nSPS) is 16.5. The Morgan fingerprint density at radius 2 is 1.91 bits per heavy atom. The van der Waals surface area contributed by atoms with Crippen LogP contribution in [0.2, 0.25) is 10.0 Å². The van der Waals surface area contributed by atoms with Crippen molar-refractivity contribution in [1.82, 2.24) is 15.3 Å². The molecule has 32 heavy (non-hydrogen) atoms. The second-order valence-corrected chi connectivity index (χ2v) is 8.64. The van der Waals surface area contributed by atoms with E-state index in [0.29, 0.717) is 15.9 Å². The van der Waals surface area contributed by atoms with Crippen LogP contribution < -0.4 is 16.2 Å². The lowest BCUT2D eigenvalue weighted by Gasteiger charge is -2.40. The molecule has 3 aromatic rings. The second kappa shape index (κ2) is 10.5. The van der Waals surface area contributed by atoms with Crippen molar-refractivity contribution in [3.63, 3.8) is 0 Å².